The van der Waals surface area contributed by atoms with Crippen molar-refractivity contribution in [2.45, 2.75) is 89.6 Å². The Morgan fingerprint density at radius 2 is 0.364 bits per heavy atom. The van der Waals surface area contributed by atoms with E-state index in [1.807, 2.05) is 0 Å². The van der Waals surface area contributed by atoms with Crippen LogP contribution in [0.1, 0.15) is 0 Å². The molecule has 0 aromatic heterocycles. The lowest BCUT2D eigenvalue weighted by atomic mass is 9.97. The van der Waals surface area contributed by atoms with E-state index in [1.165, 1.54) is 0 Å². The lowest BCUT2D eigenvalue weighted by Crippen LogP contribution is -2.68. The second-order valence-electron chi connectivity index (χ2n) is 10.00. The van der Waals surface area contributed by atoms with Gasteiger partial charge in [0.2, 0.25) is 0 Å². The second kappa shape index (κ2) is 14.2. The van der Waals surface area contributed by atoms with Crippen LogP contribution >= 0.6 is 0 Å². The summed E-state index contributed by atoms with van der Waals surface area (Å²) in [5.41, 5.74) is 0. The fourth-order valence-corrected chi connectivity index (χ4v) is 2.75. The SMILES string of the molecule is FC(F)(F)C(F)(F)C(F)(F)C(F)(F)C(F)(F)COB(OCC(F)(F)C(F)(F)C(F)(F)C(F)(F)C(F)(F)F)OCC(F)(F)C(F)(F)C(F)(F)C(F)(F)C(F)(F)F. The van der Waals surface area contributed by atoms with Crippen LogP contribution < -0.4 is 0 Å². The molecule has 0 spiro atoms. The van der Waals surface area contributed by atoms with Crippen LogP contribution in [-0.4, -0.2) is 117 Å². The van der Waals surface area contributed by atoms with Crippen molar-refractivity contribution in [3.63, 3.8) is 0 Å². The summed E-state index contributed by atoms with van der Waals surface area (Å²) in [6, 6.07) is 0. The predicted octanol–water partition coefficient (Wildman–Crippen LogP) is 10.3. The van der Waals surface area contributed by atoms with Gasteiger partial charge < -0.3 is 14.0 Å². The zero-order valence-corrected chi connectivity index (χ0v) is 23.9. The maximum absolute atomic E-state index is 13.8. The Labute approximate surface area is 277 Å². The minimum atomic E-state index is -8.49. The molecule has 0 aliphatic heterocycles. The molecule has 0 aromatic carbocycles. The molecule has 0 unspecified atom stereocenters. The van der Waals surface area contributed by atoms with E-state index < -0.39 is 117 Å². The third-order valence-electron chi connectivity index (χ3n) is 6.01. The normalized spacial score (nSPS) is 16.5. The molecule has 37 heteroatoms. The van der Waals surface area contributed by atoms with E-state index in [4.69, 9.17) is 0 Å². The molecule has 0 saturated carbocycles. The van der Waals surface area contributed by atoms with Crippen LogP contribution in [0.5, 0.6) is 0 Å². The summed E-state index contributed by atoms with van der Waals surface area (Å²) in [7, 11) is -5.20. The number of hydrogen-bond donors (Lipinski definition) is 0. The van der Waals surface area contributed by atoms with Crippen LogP contribution in [0.4, 0.5) is 145 Å². The third kappa shape index (κ3) is 8.32. The van der Waals surface area contributed by atoms with Crippen LogP contribution in [0.3, 0.4) is 0 Å². The molecule has 0 radical (unpaired) electrons. The Morgan fingerprint density at radius 3 is 0.491 bits per heavy atom. The van der Waals surface area contributed by atoms with Gasteiger partial charge in [0, 0.05) is 0 Å². The molecule has 0 atom stereocenters. The largest absolute Gasteiger partial charge is 0.640 e. The van der Waals surface area contributed by atoms with E-state index in [9.17, 15) is 145 Å². The maximum Gasteiger partial charge on any atom is 0.640 e. The van der Waals surface area contributed by atoms with Crippen molar-refractivity contribution < 1.29 is 159 Å². The standard InChI is InChI=1S/C18H6BF33O3/c20-4(21,7(26,27)10(32,33)13(38,39)16(44,45)46)1-53-19(54-2-5(22,23)8(28,29)11(34,35)14(40,41)17(47,48)49)55-3-6(24,25)9(30,31)12(36,37)15(42,43)18(50,51)52/h1-3H2. The minimum Gasteiger partial charge on any atom is -0.379 e. The lowest BCUT2D eigenvalue weighted by molar-refractivity contribution is -0.425. The fraction of sp³-hybridized carbons (Fsp3) is 1.00. The van der Waals surface area contributed by atoms with Crippen LogP contribution in [-0.2, 0) is 14.0 Å². The highest BCUT2D eigenvalue weighted by atomic mass is 19.5. The van der Waals surface area contributed by atoms with E-state index in [0.29, 0.717) is 0 Å². The molecule has 330 valence electrons. The Balaban J connectivity index is 7.08. The van der Waals surface area contributed by atoms with Crippen molar-refractivity contribution >= 4 is 7.32 Å². The Bertz CT molecular complexity index is 1150. The summed E-state index contributed by atoms with van der Waals surface area (Å²) < 4.78 is 440. The number of halogens is 33. The molecule has 0 rings (SSSR count). The first-order chi connectivity index (χ1) is 23.3. The Kier molecular flexibility index (Phi) is 13.6. The molecule has 55 heavy (non-hydrogen) atoms. The van der Waals surface area contributed by atoms with E-state index in [0.717, 1.165) is 0 Å². The fourth-order valence-electron chi connectivity index (χ4n) is 2.75. The first kappa shape index (κ1) is 52.6. The molecule has 0 aliphatic rings. The van der Waals surface area contributed by atoms with Gasteiger partial charge in [0.15, 0.2) is 0 Å². The molecule has 0 amide bonds. The molecule has 0 saturated heterocycles. The monoisotopic (exact) mass is 908 g/mol. The molecule has 0 fully saturated rings. The van der Waals surface area contributed by atoms with Gasteiger partial charge in [-0.3, -0.25) is 0 Å². The third-order valence-corrected chi connectivity index (χ3v) is 6.01. The van der Waals surface area contributed by atoms with Gasteiger partial charge in [0.05, 0.1) is 0 Å². The molecular formula is C18H6BF33O3. The van der Waals surface area contributed by atoms with E-state index >= 15 is 0 Å². The number of rotatable bonds is 18. The highest BCUT2D eigenvalue weighted by Crippen LogP contribution is 2.60. The van der Waals surface area contributed by atoms with Gasteiger partial charge in [-0.15, -0.1) is 0 Å². The van der Waals surface area contributed by atoms with Crippen LogP contribution in [0.25, 0.3) is 0 Å². The Morgan fingerprint density at radius 1 is 0.218 bits per heavy atom. The molecule has 0 aromatic rings. The molecular weight excluding hydrogens is 902 g/mol. The maximum atomic E-state index is 13.8. The summed E-state index contributed by atoms with van der Waals surface area (Å²) in [5.74, 6) is -98.2. The average molecular weight is 908 g/mol. The Hall–Kier alpha value is -2.37. The second-order valence-corrected chi connectivity index (χ2v) is 10.00. The van der Waals surface area contributed by atoms with E-state index in [2.05, 4.69) is 14.0 Å². The first-order valence-electron chi connectivity index (χ1n) is 11.9. The summed E-state index contributed by atoms with van der Waals surface area (Å²) in [6.07, 6.45) is -23.8. The smallest absolute Gasteiger partial charge is 0.379 e. The minimum absolute atomic E-state index is 2.70. The van der Waals surface area contributed by atoms with Crippen molar-refractivity contribution in [2.75, 3.05) is 19.8 Å². The van der Waals surface area contributed by atoms with Crippen molar-refractivity contribution in [2.24, 2.45) is 0 Å². The predicted molar refractivity (Wildman–Crippen MR) is 101 cm³/mol. The van der Waals surface area contributed by atoms with Gasteiger partial charge >= 0.3 is 96.9 Å². The topological polar surface area (TPSA) is 27.7 Å². The highest BCUT2D eigenvalue weighted by Gasteiger charge is 2.89. The molecule has 0 bridgehead atoms. The van der Waals surface area contributed by atoms with Gasteiger partial charge in [-0.1, -0.05) is 0 Å². The molecule has 0 aliphatic carbocycles. The first-order valence-corrected chi connectivity index (χ1v) is 11.9. The number of alkyl halides is 33. The van der Waals surface area contributed by atoms with Gasteiger partial charge in [-0.25, -0.2) is 0 Å². The van der Waals surface area contributed by atoms with Crippen molar-refractivity contribution in [1.82, 2.24) is 0 Å². The quantitative estimate of drug-likeness (QED) is 0.101. The van der Waals surface area contributed by atoms with Crippen molar-refractivity contribution in [3.05, 3.63) is 0 Å². The zero-order valence-electron chi connectivity index (χ0n) is 23.9. The van der Waals surface area contributed by atoms with Gasteiger partial charge in [-0.05, 0) is 0 Å². The van der Waals surface area contributed by atoms with Crippen molar-refractivity contribution in [3.8, 4) is 0 Å². The molecule has 3 nitrogen and oxygen atoms in total. The summed E-state index contributed by atoms with van der Waals surface area (Å²) >= 11 is 0. The van der Waals surface area contributed by atoms with E-state index in [-0.39, 0.29) is 0 Å². The van der Waals surface area contributed by atoms with Crippen LogP contribution in [0, 0.1) is 0 Å². The molecule has 0 N–H and O–H groups in total. The zero-order chi connectivity index (χ0) is 45.3. The van der Waals surface area contributed by atoms with Gasteiger partial charge in [0.25, 0.3) is 0 Å². The summed E-state index contributed by atoms with van der Waals surface area (Å²) in [4.78, 5) is 0. The van der Waals surface area contributed by atoms with Crippen LogP contribution in [0.2, 0.25) is 0 Å². The summed E-state index contributed by atoms with van der Waals surface area (Å²) in [6.45, 7) is -13.3. The highest BCUT2D eigenvalue weighted by molar-refractivity contribution is 6.36. The number of hydrogen-bond acceptors (Lipinski definition) is 3. The lowest BCUT2D eigenvalue weighted by Gasteiger charge is -2.38. The summed E-state index contributed by atoms with van der Waals surface area (Å²) in [5, 5.41) is 0. The van der Waals surface area contributed by atoms with Crippen molar-refractivity contribution in [1.29, 1.82) is 0 Å². The van der Waals surface area contributed by atoms with E-state index in [1.54, 1.807) is 0 Å². The molecule has 0 heterocycles. The van der Waals surface area contributed by atoms with Gasteiger partial charge in [0.1, 0.15) is 19.8 Å². The average Bonchev–Trinajstić information content (AvgIpc) is 2.93. The van der Waals surface area contributed by atoms with Crippen LogP contribution in [0.15, 0.2) is 0 Å². The van der Waals surface area contributed by atoms with Gasteiger partial charge in [-0.2, -0.15) is 145 Å².